The first-order valence-electron chi connectivity index (χ1n) is 8.39. The van der Waals surface area contributed by atoms with Gasteiger partial charge in [-0.2, -0.15) is 5.10 Å². The van der Waals surface area contributed by atoms with Crippen molar-refractivity contribution >= 4 is 5.91 Å². The number of aromatic nitrogens is 2. The highest BCUT2D eigenvalue weighted by Gasteiger charge is 2.09. The molecule has 0 saturated carbocycles. The van der Waals surface area contributed by atoms with Crippen LogP contribution in [0.1, 0.15) is 19.4 Å². The molecule has 2 aromatic rings. The van der Waals surface area contributed by atoms with Gasteiger partial charge in [0.2, 0.25) is 0 Å². The molecule has 1 unspecified atom stereocenters. The van der Waals surface area contributed by atoms with E-state index < -0.39 is 0 Å². The first-order valence-corrected chi connectivity index (χ1v) is 8.39. The molecule has 0 bridgehead atoms. The molecule has 2 N–H and O–H groups in total. The summed E-state index contributed by atoms with van der Waals surface area (Å²) >= 11 is 0. The SMILES string of the molecule is CCNC(=O)COc1ccc(CNC(C)Cn2cccn2)cc1OC. The minimum absolute atomic E-state index is 0.0251. The van der Waals surface area contributed by atoms with Crippen molar-refractivity contribution in [1.29, 1.82) is 0 Å². The van der Waals surface area contributed by atoms with E-state index in [2.05, 4.69) is 22.7 Å². The highest BCUT2D eigenvalue weighted by molar-refractivity contribution is 5.77. The summed E-state index contributed by atoms with van der Waals surface area (Å²) in [6.45, 7) is 6.05. The van der Waals surface area contributed by atoms with E-state index >= 15 is 0 Å². The number of carbonyl (C=O) groups excluding carboxylic acids is 1. The van der Waals surface area contributed by atoms with Gasteiger partial charge in [0.15, 0.2) is 18.1 Å². The summed E-state index contributed by atoms with van der Waals surface area (Å²) < 4.78 is 12.8. The van der Waals surface area contributed by atoms with Gasteiger partial charge in [-0.3, -0.25) is 9.48 Å². The molecule has 1 heterocycles. The second-order valence-corrected chi connectivity index (χ2v) is 5.74. The van der Waals surface area contributed by atoms with Crippen molar-refractivity contribution in [1.82, 2.24) is 20.4 Å². The third-order valence-electron chi connectivity index (χ3n) is 3.64. The van der Waals surface area contributed by atoms with Crippen molar-refractivity contribution in [2.24, 2.45) is 0 Å². The minimum Gasteiger partial charge on any atom is -0.493 e. The lowest BCUT2D eigenvalue weighted by Gasteiger charge is -2.15. The van der Waals surface area contributed by atoms with E-state index in [1.165, 1.54) is 0 Å². The van der Waals surface area contributed by atoms with Crippen molar-refractivity contribution in [2.75, 3.05) is 20.3 Å². The molecule has 0 radical (unpaired) electrons. The van der Waals surface area contributed by atoms with Crippen LogP contribution in [0.3, 0.4) is 0 Å². The van der Waals surface area contributed by atoms with Gasteiger partial charge in [0.25, 0.3) is 5.91 Å². The Kier molecular flexibility index (Phi) is 7.28. The first-order chi connectivity index (χ1) is 12.1. The third kappa shape index (κ3) is 6.11. The Morgan fingerprint density at radius 1 is 1.36 bits per heavy atom. The van der Waals surface area contributed by atoms with Crippen molar-refractivity contribution in [3.8, 4) is 11.5 Å². The number of benzene rings is 1. The molecule has 7 heteroatoms. The predicted molar refractivity (Wildman–Crippen MR) is 95.7 cm³/mol. The molecular weight excluding hydrogens is 320 g/mol. The molecule has 0 aliphatic heterocycles. The summed E-state index contributed by atoms with van der Waals surface area (Å²) in [6, 6.07) is 7.90. The van der Waals surface area contributed by atoms with E-state index in [0.29, 0.717) is 24.6 Å². The number of ether oxygens (including phenoxy) is 2. The van der Waals surface area contributed by atoms with Crippen molar-refractivity contribution in [3.05, 3.63) is 42.2 Å². The Hall–Kier alpha value is -2.54. The fraction of sp³-hybridized carbons (Fsp3) is 0.444. The van der Waals surface area contributed by atoms with Crippen molar-refractivity contribution < 1.29 is 14.3 Å². The van der Waals surface area contributed by atoms with Gasteiger partial charge in [0, 0.05) is 31.5 Å². The Morgan fingerprint density at radius 3 is 2.88 bits per heavy atom. The Bertz CT molecular complexity index is 658. The zero-order chi connectivity index (χ0) is 18.1. The monoisotopic (exact) mass is 346 g/mol. The maximum atomic E-state index is 11.5. The average Bonchev–Trinajstić information content (AvgIpc) is 3.11. The quantitative estimate of drug-likeness (QED) is 0.683. The van der Waals surface area contributed by atoms with Gasteiger partial charge in [-0.05, 0) is 37.6 Å². The van der Waals surface area contributed by atoms with Gasteiger partial charge in [-0.15, -0.1) is 0 Å². The van der Waals surface area contributed by atoms with Crippen LogP contribution in [-0.4, -0.2) is 42.0 Å². The predicted octanol–water partition coefficient (Wildman–Crippen LogP) is 1.58. The summed E-state index contributed by atoms with van der Waals surface area (Å²) in [7, 11) is 1.59. The van der Waals surface area contributed by atoms with E-state index in [4.69, 9.17) is 9.47 Å². The third-order valence-corrected chi connectivity index (χ3v) is 3.64. The van der Waals surface area contributed by atoms with Gasteiger partial charge >= 0.3 is 0 Å². The summed E-state index contributed by atoms with van der Waals surface area (Å²) in [4.78, 5) is 11.5. The molecule has 0 fully saturated rings. The van der Waals surface area contributed by atoms with Crippen LogP contribution in [0.25, 0.3) is 0 Å². The molecule has 136 valence electrons. The molecule has 7 nitrogen and oxygen atoms in total. The number of carbonyl (C=O) groups is 1. The molecule has 1 amide bonds. The summed E-state index contributed by atoms with van der Waals surface area (Å²) in [6.07, 6.45) is 3.72. The molecule has 0 spiro atoms. The highest BCUT2D eigenvalue weighted by atomic mass is 16.5. The molecule has 1 atom stereocenters. The van der Waals surface area contributed by atoms with Crippen molar-refractivity contribution in [3.63, 3.8) is 0 Å². The van der Waals surface area contributed by atoms with Crippen LogP contribution in [-0.2, 0) is 17.9 Å². The fourth-order valence-corrected chi connectivity index (χ4v) is 2.38. The molecule has 2 rings (SSSR count). The van der Waals surface area contributed by atoms with Gasteiger partial charge in [-0.1, -0.05) is 6.07 Å². The van der Waals surface area contributed by atoms with E-state index in [0.717, 1.165) is 12.1 Å². The molecule has 0 saturated heterocycles. The highest BCUT2D eigenvalue weighted by Crippen LogP contribution is 2.28. The lowest BCUT2D eigenvalue weighted by atomic mass is 10.2. The molecule has 0 aliphatic carbocycles. The normalized spacial score (nSPS) is 11.8. The smallest absolute Gasteiger partial charge is 0.257 e. The number of amides is 1. The maximum absolute atomic E-state index is 11.5. The van der Waals surface area contributed by atoms with E-state index in [1.807, 2.05) is 42.1 Å². The second kappa shape index (κ2) is 9.68. The lowest BCUT2D eigenvalue weighted by Crippen LogP contribution is -2.30. The zero-order valence-electron chi connectivity index (χ0n) is 15.0. The van der Waals surface area contributed by atoms with Gasteiger partial charge in [-0.25, -0.2) is 0 Å². The van der Waals surface area contributed by atoms with Crippen LogP contribution in [0.5, 0.6) is 11.5 Å². The average molecular weight is 346 g/mol. The molecular formula is C18H26N4O3. The number of hydrogen-bond donors (Lipinski definition) is 2. The molecule has 1 aromatic heterocycles. The number of hydrogen-bond acceptors (Lipinski definition) is 5. The number of nitrogens with one attached hydrogen (secondary N) is 2. The van der Waals surface area contributed by atoms with E-state index in [-0.39, 0.29) is 18.6 Å². The maximum Gasteiger partial charge on any atom is 0.257 e. The Labute approximate surface area is 148 Å². The standard InChI is InChI=1S/C18H26N4O3/c1-4-19-18(23)13-25-16-7-6-15(10-17(16)24-3)11-20-14(2)12-22-9-5-8-21-22/h5-10,14,20H,4,11-13H2,1-3H3,(H,19,23). The molecule has 0 aliphatic rings. The zero-order valence-corrected chi connectivity index (χ0v) is 15.0. The van der Waals surface area contributed by atoms with E-state index in [9.17, 15) is 4.79 Å². The van der Waals surface area contributed by atoms with Crippen LogP contribution in [0, 0.1) is 0 Å². The van der Waals surface area contributed by atoms with Crippen LogP contribution >= 0.6 is 0 Å². The lowest BCUT2D eigenvalue weighted by molar-refractivity contribution is -0.123. The number of methoxy groups -OCH3 is 1. The largest absolute Gasteiger partial charge is 0.493 e. The summed E-state index contributed by atoms with van der Waals surface area (Å²) in [5, 5.41) is 10.4. The number of likely N-dealkylation sites (N-methyl/N-ethyl adjacent to an activating group) is 1. The van der Waals surface area contributed by atoms with Gasteiger partial charge in [0.1, 0.15) is 0 Å². The van der Waals surface area contributed by atoms with Crippen LogP contribution in [0.4, 0.5) is 0 Å². The van der Waals surface area contributed by atoms with Gasteiger partial charge in [0.05, 0.1) is 13.7 Å². The minimum atomic E-state index is -0.150. The molecule has 1 aromatic carbocycles. The second-order valence-electron chi connectivity index (χ2n) is 5.74. The first kappa shape index (κ1) is 18.8. The summed E-state index contributed by atoms with van der Waals surface area (Å²) in [5.74, 6) is 1.02. The molecule has 25 heavy (non-hydrogen) atoms. The van der Waals surface area contributed by atoms with Crippen molar-refractivity contribution in [2.45, 2.75) is 33.0 Å². The topological polar surface area (TPSA) is 77.4 Å². The number of rotatable bonds is 10. The fourth-order valence-electron chi connectivity index (χ4n) is 2.38. The Morgan fingerprint density at radius 2 is 2.20 bits per heavy atom. The number of nitrogens with zero attached hydrogens (tertiary/aromatic N) is 2. The van der Waals surface area contributed by atoms with E-state index in [1.54, 1.807) is 13.3 Å². The van der Waals surface area contributed by atoms with Gasteiger partial charge < -0.3 is 20.1 Å². The van der Waals surface area contributed by atoms with Crippen LogP contribution in [0.15, 0.2) is 36.7 Å². The summed E-state index contributed by atoms with van der Waals surface area (Å²) in [5.41, 5.74) is 1.08. The van der Waals surface area contributed by atoms with Crippen LogP contribution < -0.4 is 20.1 Å². The van der Waals surface area contributed by atoms with Crippen LogP contribution in [0.2, 0.25) is 0 Å². The Balaban J connectivity index is 1.88.